The maximum atomic E-state index is 6.01. The fourth-order valence-electron chi connectivity index (χ4n) is 4.39. The van der Waals surface area contributed by atoms with Crippen LogP contribution in [0.1, 0.15) is 28.8 Å². The summed E-state index contributed by atoms with van der Waals surface area (Å²) >= 11 is 0. The molecular weight excluding hydrogens is 392 g/mol. The Balaban J connectivity index is 1.44. The molecule has 8 nitrogen and oxygen atoms in total. The van der Waals surface area contributed by atoms with Crippen LogP contribution in [0.15, 0.2) is 41.7 Å². The van der Waals surface area contributed by atoms with Crippen LogP contribution in [-0.4, -0.2) is 85.1 Å². The van der Waals surface area contributed by atoms with Gasteiger partial charge in [0.25, 0.3) is 0 Å². The van der Waals surface area contributed by atoms with Crippen LogP contribution >= 0.6 is 0 Å². The summed E-state index contributed by atoms with van der Waals surface area (Å²) in [7, 11) is 3.79. The SMILES string of the molecule is CN=C(NCC(c1cccc(C)c1)N1CCOCC1)N1CCOC(c2cnn(C)c2)C1. The molecule has 2 unspecified atom stereocenters. The van der Waals surface area contributed by atoms with Crippen LogP contribution in [0.4, 0.5) is 0 Å². The van der Waals surface area contributed by atoms with Crippen molar-refractivity contribution >= 4 is 5.96 Å². The van der Waals surface area contributed by atoms with Crippen molar-refractivity contribution in [1.82, 2.24) is 24.9 Å². The van der Waals surface area contributed by atoms with E-state index in [0.717, 1.165) is 57.5 Å². The molecule has 2 aromatic rings. The third-order valence-corrected chi connectivity index (χ3v) is 6.04. The molecule has 0 bridgehead atoms. The van der Waals surface area contributed by atoms with E-state index in [1.54, 1.807) is 0 Å². The van der Waals surface area contributed by atoms with E-state index in [4.69, 9.17) is 9.47 Å². The van der Waals surface area contributed by atoms with Gasteiger partial charge in [-0.3, -0.25) is 14.6 Å². The van der Waals surface area contributed by atoms with Gasteiger partial charge in [0.1, 0.15) is 6.10 Å². The number of ether oxygens (including phenoxy) is 2. The van der Waals surface area contributed by atoms with Crippen LogP contribution in [-0.2, 0) is 16.5 Å². The minimum absolute atomic E-state index is 0.00723. The second kappa shape index (κ2) is 10.3. The number of nitrogens with zero attached hydrogens (tertiary/aromatic N) is 5. The average Bonchev–Trinajstić information content (AvgIpc) is 3.24. The summed E-state index contributed by atoms with van der Waals surface area (Å²) in [6.45, 7) is 8.66. The molecule has 2 fully saturated rings. The molecule has 1 aromatic carbocycles. The number of hydrogen-bond donors (Lipinski definition) is 1. The molecule has 0 spiro atoms. The number of hydrogen-bond acceptors (Lipinski definition) is 5. The number of aliphatic imine (C=N–C) groups is 1. The monoisotopic (exact) mass is 426 g/mol. The van der Waals surface area contributed by atoms with Crippen LogP contribution in [0.25, 0.3) is 0 Å². The van der Waals surface area contributed by atoms with Crippen molar-refractivity contribution in [3.63, 3.8) is 0 Å². The van der Waals surface area contributed by atoms with E-state index in [2.05, 4.69) is 56.4 Å². The van der Waals surface area contributed by atoms with Crippen LogP contribution in [0.2, 0.25) is 0 Å². The standard InChI is InChI=1S/C23H34N6O2/c1-18-5-4-6-19(13-18)21(28-7-10-30-11-8-28)15-25-23(24-2)29-9-12-31-22(17-29)20-14-26-27(3)16-20/h4-6,13-14,16,21-22H,7-12,15,17H2,1-3H3,(H,24,25). The molecule has 8 heteroatoms. The maximum Gasteiger partial charge on any atom is 0.193 e. The normalized spacial score (nSPS) is 21.8. The fourth-order valence-corrected chi connectivity index (χ4v) is 4.39. The van der Waals surface area contributed by atoms with Gasteiger partial charge in [0.05, 0.1) is 38.6 Å². The molecule has 0 saturated carbocycles. The first-order valence-corrected chi connectivity index (χ1v) is 11.1. The zero-order chi connectivity index (χ0) is 21.6. The van der Waals surface area contributed by atoms with Gasteiger partial charge in [0.15, 0.2) is 5.96 Å². The summed E-state index contributed by atoms with van der Waals surface area (Å²) in [5.41, 5.74) is 3.72. The quantitative estimate of drug-likeness (QED) is 0.581. The van der Waals surface area contributed by atoms with Gasteiger partial charge < -0.3 is 19.7 Å². The highest BCUT2D eigenvalue weighted by Gasteiger charge is 2.27. The minimum Gasteiger partial charge on any atom is -0.379 e. The van der Waals surface area contributed by atoms with Gasteiger partial charge in [-0.25, -0.2) is 0 Å². The summed E-state index contributed by atoms with van der Waals surface area (Å²) in [6, 6.07) is 9.09. The first-order valence-electron chi connectivity index (χ1n) is 11.1. The molecule has 1 N–H and O–H groups in total. The van der Waals surface area contributed by atoms with Crippen molar-refractivity contribution in [2.24, 2.45) is 12.0 Å². The zero-order valence-corrected chi connectivity index (χ0v) is 18.8. The van der Waals surface area contributed by atoms with Crippen LogP contribution in [0.3, 0.4) is 0 Å². The van der Waals surface area contributed by atoms with Crippen molar-refractivity contribution in [1.29, 1.82) is 0 Å². The second-order valence-corrected chi connectivity index (χ2v) is 8.26. The minimum atomic E-state index is 0.00723. The third kappa shape index (κ3) is 5.44. The molecule has 3 heterocycles. The smallest absolute Gasteiger partial charge is 0.193 e. The summed E-state index contributed by atoms with van der Waals surface area (Å²) in [5, 5.41) is 7.94. The predicted octanol–water partition coefficient (Wildman–Crippen LogP) is 1.75. The number of aryl methyl sites for hydroxylation is 2. The predicted molar refractivity (Wildman–Crippen MR) is 121 cm³/mol. The summed E-state index contributed by atoms with van der Waals surface area (Å²) < 4.78 is 13.4. The van der Waals surface area contributed by atoms with Gasteiger partial charge >= 0.3 is 0 Å². The Morgan fingerprint density at radius 2 is 2.10 bits per heavy atom. The molecule has 2 aliphatic heterocycles. The number of nitrogens with one attached hydrogen (secondary N) is 1. The van der Waals surface area contributed by atoms with Crippen LogP contribution in [0.5, 0.6) is 0 Å². The van der Waals surface area contributed by atoms with E-state index in [1.165, 1.54) is 11.1 Å². The lowest BCUT2D eigenvalue weighted by atomic mass is 10.0. The first-order chi connectivity index (χ1) is 15.1. The Morgan fingerprint density at radius 3 is 2.81 bits per heavy atom. The van der Waals surface area contributed by atoms with Crippen LogP contribution < -0.4 is 5.32 Å². The molecule has 2 atom stereocenters. The molecule has 31 heavy (non-hydrogen) atoms. The van der Waals surface area contributed by atoms with Gasteiger partial charge in [0.2, 0.25) is 0 Å². The zero-order valence-electron chi connectivity index (χ0n) is 18.8. The molecule has 4 rings (SSSR count). The molecule has 0 amide bonds. The highest BCUT2D eigenvalue weighted by molar-refractivity contribution is 5.80. The second-order valence-electron chi connectivity index (χ2n) is 8.26. The first kappa shape index (κ1) is 21.8. The van der Waals surface area contributed by atoms with Gasteiger partial charge in [-0.05, 0) is 12.5 Å². The van der Waals surface area contributed by atoms with Crippen molar-refractivity contribution in [3.05, 3.63) is 53.3 Å². The molecule has 0 radical (unpaired) electrons. The van der Waals surface area contributed by atoms with E-state index in [9.17, 15) is 0 Å². The van der Waals surface area contributed by atoms with Crippen molar-refractivity contribution in [3.8, 4) is 0 Å². The lowest BCUT2D eigenvalue weighted by Gasteiger charge is -2.38. The highest BCUT2D eigenvalue weighted by atomic mass is 16.5. The Kier molecular flexibility index (Phi) is 7.21. The Hall–Kier alpha value is -2.42. The van der Waals surface area contributed by atoms with E-state index < -0.39 is 0 Å². The van der Waals surface area contributed by atoms with Gasteiger partial charge in [-0.2, -0.15) is 5.10 Å². The number of benzene rings is 1. The van der Waals surface area contributed by atoms with E-state index >= 15 is 0 Å². The molecular formula is C23H34N6O2. The Labute approximate surface area is 184 Å². The van der Waals surface area contributed by atoms with Gasteiger partial charge in [-0.15, -0.1) is 0 Å². The Morgan fingerprint density at radius 1 is 1.26 bits per heavy atom. The number of rotatable bonds is 5. The van der Waals surface area contributed by atoms with E-state index in [0.29, 0.717) is 6.61 Å². The number of morpholine rings is 2. The molecule has 2 saturated heterocycles. The number of aromatic nitrogens is 2. The Bertz CT molecular complexity index is 876. The molecule has 2 aliphatic rings. The van der Waals surface area contributed by atoms with E-state index in [-0.39, 0.29) is 12.1 Å². The van der Waals surface area contributed by atoms with Crippen LogP contribution in [0, 0.1) is 6.92 Å². The maximum absolute atomic E-state index is 6.01. The third-order valence-electron chi connectivity index (χ3n) is 6.04. The van der Waals surface area contributed by atoms with Gasteiger partial charge in [0, 0.05) is 52.0 Å². The largest absolute Gasteiger partial charge is 0.379 e. The van der Waals surface area contributed by atoms with Crippen molar-refractivity contribution in [2.45, 2.75) is 19.1 Å². The fraction of sp³-hybridized carbons (Fsp3) is 0.565. The molecule has 1 aromatic heterocycles. The topological polar surface area (TPSA) is 67.2 Å². The summed E-state index contributed by atoms with van der Waals surface area (Å²) in [5.74, 6) is 0.920. The van der Waals surface area contributed by atoms with E-state index in [1.807, 2.05) is 31.2 Å². The molecule has 0 aliphatic carbocycles. The summed E-state index contributed by atoms with van der Waals surface area (Å²) in [4.78, 5) is 9.38. The lowest BCUT2D eigenvalue weighted by Crippen LogP contribution is -2.50. The molecule has 168 valence electrons. The highest BCUT2D eigenvalue weighted by Crippen LogP contribution is 2.24. The van der Waals surface area contributed by atoms with Gasteiger partial charge in [-0.1, -0.05) is 29.8 Å². The lowest BCUT2D eigenvalue weighted by molar-refractivity contribution is -0.00853. The van der Waals surface area contributed by atoms with Crippen molar-refractivity contribution in [2.75, 3.05) is 59.6 Å². The number of guanidine groups is 1. The summed E-state index contributed by atoms with van der Waals surface area (Å²) in [6.07, 6.45) is 3.92. The van der Waals surface area contributed by atoms with Crippen molar-refractivity contribution < 1.29 is 9.47 Å². The average molecular weight is 427 g/mol.